The van der Waals surface area contributed by atoms with Gasteiger partial charge in [0, 0.05) is 23.2 Å². The van der Waals surface area contributed by atoms with E-state index in [2.05, 4.69) is 5.32 Å². The molecule has 0 bridgehead atoms. The maximum Gasteiger partial charge on any atom is 0.528 e. The minimum atomic E-state index is -4.62. The summed E-state index contributed by atoms with van der Waals surface area (Å²) in [5, 5.41) is 3.22. The predicted molar refractivity (Wildman–Crippen MR) is 153 cm³/mol. The summed E-state index contributed by atoms with van der Waals surface area (Å²) in [5.74, 6) is -0.154. The van der Waals surface area contributed by atoms with Gasteiger partial charge in [-0.2, -0.15) is 0 Å². The van der Waals surface area contributed by atoms with Gasteiger partial charge in [0.2, 0.25) is 5.91 Å². The van der Waals surface area contributed by atoms with Crippen LogP contribution in [0.3, 0.4) is 0 Å². The number of hydrogen-bond acceptors (Lipinski definition) is 5. The molecule has 0 aromatic heterocycles. The first kappa shape index (κ1) is 28.1. The summed E-state index contributed by atoms with van der Waals surface area (Å²) in [5.41, 5.74) is 2.76. The summed E-state index contributed by atoms with van der Waals surface area (Å²) in [4.78, 5) is 23.1. The van der Waals surface area contributed by atoms with Crippen molar-refractivity contribution in [3.05, 3.63) is 131 Å². The Kier molecular flexibility index (Phi) is 9.58. The van der Waals surface area contributed by atoms with Crippen LogP contribution in [0.1, 0.15) is 22.8 Å². The zero-order chi connectivity index (χ0) is 27.7. The molecule has 4 rings (SSSR count). The molecule has 0 fully saturated rings. The number of carbonyl (C=O) groups excluding carboxylic acids is 1. The molecule has 0 spiro atoms. The minimum absolute atomic E-state index is 0.00717. The summed E-state index contributed by atoms with van der Waals surface area (Å²) in [6, 6.07) is 30.2. The summed E-state index contributed by atoms with van der Waals surface area (Å²) in [6.45, 7) is 0. The van der Waals surface area contributed by atoms with Crippen molar-refractivity contribution in [3.8, 4) is 11.5 Å². The Morgan fingerprint density at radius 1 is 0.949 bits per heavy atom. The molecular weight excluding hydrogens is 537 g/mol. The van der Waals surface area contributed by atoms with Gasteiger partial charge in [-0.3, -0.25) is 14.2 Å². The Morgan fingerprint density at radius 2 is 1.67 bits per heavy atom. The van der Waals surface area contributed by atoms with Crippen LogP contribution in [0, 0.1) is 0 Å². The molecule has 2 N–H and O–H groups in total. The van der Waals surface area contributed by atoms with Gasteiger partial charge in [0.05, 0.1) is 13.2 Å². The number of ether oxygens (including phenoxy) is 1. The number of amides is 1. The summed E-state index contributed by atoms with van der Waals surface area (Å²) >= 11 is 5.96. The van der Waals surface area contributed by atoms with Gasteiger partial charge in [-0.15, -0.1) is 0 Å². The van der Waals surface area contributed by atoms with E-state index in [1.54, 1.807) is 36.4 Å². The lowest BCUT2D eigenvalue weighted by Crippen LogP contribution is -2.09. The number of carbonyl (C=O) groups is 1. The summed E-state index contributed by atoms with van der Waals surface area (Å²) in [7, 11) is -3.20. The molecule has 7 nitrogen and oxygen atoms in total. The quantitative estimate of drug-likeness (QED) is 0.145. The van der Waals surface area contributed by atoms with Crippen LogP contribution in [0.2, 0.25) is 5.02 Å². The Bertz CT molecular complexity index is 1480. The third-order valence-electron chi connectivity index (χ3n) is 5.62. The van der Waals surface area contributed by atoms with E-state index in [9.17, 15) is 14.3 Å². The smallest absolute Gasteiger partial charge is 0.493 e. The topological polar surface area (TPSA) is 94.1 Å². The Hall–Kier alpha value is -3.87. The lowest BCUT2D eigenvalue weighted by atomic mass is 10.0. The van der Waals surface area contributed by atoms with E-state index < -0.39 is 13.9 Å². The van der Waals surface area contributed by atoms with Crippen molar-refractivity contribution in [2.75, 3.05) is 12.4 Å². The third-order valence-corrected chi connectivity index (χ3v) is 6.80. The van der Waals surface area contributed by atoms with E-state index in [-0.39, 0.29) is 17.4 Å². The monoisotopic (exact) mass is 563 g/mol. The van der Waals surface area contributed by atoms with Crippen molar-refractivity contribution in [1.29, 1.82) is 0 Å². The molecule has 4 aromatic rings. The number of nitrogens with one attached hydrogen (secondary N) is 1. The van der Waals surface area contributed by atoms with Crippen molar-refractivity contribution in [2.45, 2.75) is 12.5 Å². The Balaban J connectivity index is 1.50. The van der Waals surface area contributed by atoms with Crippen LogP contribution < -0.4 is 14.6 Å². The van der Waals surface area contributed by atoms with Crippen LogP contribution in [0.4, 0.5) is 5.69 Å². The molecule has 2 atom stereocenters. The standard InChI is InChI=1S/C30H27ClNO6P/c1-36-27-17-15-23(16-18-30(33)32-26-14-8-13-25(31)21-26)20-29(27)38-39(34,35)37-28(24-11-6-3-7-12-24)19-22-9-4-2-5-10-22/h2-18,20-21,28H,19H2,1H3,(H,32,33)(H,34,35). The zero-order valence-corrected chi connectivity index (χ0v) is 22.7. The molecule has 0 aliphatic carbocycles. The van der Waals surface area contributed by atoms with Crippen LogP contribution in [0.25, 0.3) is 6.08 Å². The molecule has 0 aliphatic rings. The number of halogens is 1. The fourth-order valence-electron chi connectivity index (χ4n) is 3.81. The molecule has 1 amide bonds. The molecule has 0 aliphatic heterocycles. The van der Waals surface area contributed by atoms with Crippen LogP contribution in [0.5, 0.6) is 11.5 Å². The van der Waals surface area contributed by atoms with E-state index in [0.29, 0.717) is 22.7 Å². The van der Waals surface area contributed by atoms with Crippen molar-refractivity contribution in [2.24, 2.45) is 0 Å². The maximum atomic E-state index is 13.2. The lowest BCUT2D eigenvalue weighted by molar-refractivity contribution is -0.111. The fraction of sp³-hybridized carbons (Fsp3) is 0.100. The van der Waals surface area contributed by atoms with Gasteiger partial charge in [0.25, 0.3) is 0 Å². The predicted octanol–water partition coefficient (Wildman–Crippen LogP) is 7.48. The number of phosphoric acid groups is 1. The largest absolute Gasteiger partial charge is 0.528 e. The van der Waals surface area contributed by atoms with Gasteiger partial charge in [0.15, 0.2) is 11.5 Å². The van der Waals surface area contributed by atoms with Gasteiger partial charge in [-0.1, -0.05) is 84.4 Å². The second kappa shape index (κ2) is 13.3. The highest BCUT2D eigenvalue weighted by Crippen LogP contribution is 2.51. The fourth-order valence-corrected chi connectivity index (χ4v) is 4.95. The highest BCUT2D eigenvalue weighted by atomic mass is 35.5. The number of anilines is 1. The first-order chi connectivity index (χ1) is 18.8. The second-order valence-electron chi connectivity index (χ2n) is 8.50. The molecule has 4 aromatic carbocycles. The van der Waals surface area contributed by atoms with E-state index in [1.165, 1.54) is 25.3 Å². The number of benzene rings is 4. The normalized spacial score (nSPS) is 13.4. The van der Waals surface area contributed by atoms with Crippen molar-refractivity contribution < 1.29 is 28.0 Å². The van der Waals surface area contributed by atoms with Crippen LogP contribution in [0.15, 0.2) is 109 Å². The zero-order valence-electron chi connectivity index (χ0n) is 21.1. The third kappa shape index (κ3) is 8.57. The second-order valence-corrected chi connectivity index (χ2v) is 10.3. The SMILES string of the molecule is COc1ccc(C=CC(=O)Nc2cccc(Cl)c2)cc1OP(=O)(O)OC(Cc1ccccc1)c1ccccc1. The number of hydrogen-bond donors (Lipinski definition) is 2. The van der Waals surface area contributed by atoms with Gasteiger partial charge in [-0.05, 0) is 53.1 Å². The molecule has 2 unspecified atom stereocenters. The van der Waals surface area contributed by atoms with Crippen molar-refractivity contribution in [3.63, 3.8) is 0 Å². The number of methoxy groups -OCH3 is 1. The summed E-state index contributed by atoms with van der Waals surface area (Å²) < 4.78 is 29.7. The summed E-state index contributed by atoms with van der Waals surface area (Å²) in [6.07, 6.45) is 2.48. The first-order valence-corrected chi connectivity index (χ1v) is 13.9. The van der Waals surface area contributed by atoms with E-state index in [0.717, 1.165) is 11.1 Å². The van der Waals surface area contributed by atoms with E-state index in [1.807, 2.05) is 60.7 Å². The maximum absolute atomic E-state index is 13.2. The molecule has 0 saturated carbocycles. The van der Waals surface area contributed by atoms with Gasteiger partial charge in [-0.25, -0.2) is 4.57 Å². The van der Waals surface area contributed by atoms with Gasteiger partial charge in [0.1, 0.15) is 0 Å². The van der Waals surface area contributed by atoms with Crippen LogP contribution in [-0.4, -0.2) is 17.9 Å². The highest BCUT2D eigenvalue weighted by Gasteiger charge is 2.30. The van der Waals surface area contributed by atoms with Crippen LogP contribution in [-0.2, 0) is 20.3 Å². The lowest BCUT2D eigenvalue weighted by Gasteiger charge is -2.22. The molecule has 9 heteroatoms. The average molecular weight is 564 g/mol. The first-order valence-electron chi connectivity index (χ1n) is 12.0. The van der Waals surface area contributed by atoms with Crippen LogP contribution >= 0.6 is 19.4 Å². The molecule has 0 saturated heterocycles. The van der Waals surface area contributed by atoms with Gasteiger partial charge >= 0.3 is 7.82 Å². The molecule has 0 heterocycles. The van der Waals surface area contributed by atoms with E-state index >= 15 is 0 Å². The molecule has 200 valence electrons. The molecule has 39 heavy (non-hydrogen) atoms. The van der Waals surface area contributed by atoms with Crippen molar-refractivity contribution in [1.82, 2.24) is 0 Å². The van der Waals surface area contributed by atoms with Crippen molar-refractivity contribution >= 4 is 37.1 Å². The Morgan fingerprint density at radius 3 is 2.36 bits per heavy atom. The number of phosphoric ester groups is 1. The molecule has 0 radical (unpaired) electrons. The average Bonchev–Trinajstić information content (AvgIpc) is 2.92. The number of rotatable bonds is 11. The van der Waals surface area contributed by atoms with Gasteiger partial charge < -0.3 is 14.6 Å². The van der Waals surface area contributed by atoms with E-state index in [4.69, 9.17) is 25.4 Å². The highest BCUT2D eigenvalue weighted by molar-refractivity contribution is 7.47. The Labute approximate surface area is 232 Å². The minimum Gasteiger partial charge on any atom is -0.493 e. The molecular formula is C30H27ClNO6P.